The zero-order valence-corrected chi connectivity index (χ0v) is 11.8. The van der Waals surface area contributed by atoms with Gasteiger partial charge in [0.1, 0.15) is 0 Å². The van der Waals surface area contributed by atoms with E-state index in [4.69, 9.17) is 11.6 Å². The van der Waals surface area contributed by atoms with E-state index < -0.39 is 0 Å². The van der Waals surface area contributed by atoms with Gasteiger partial charge in [-0.25, -0.2) is 4.98 Å². The predicted octanol–water partition coefficient (Wildman–Crippen LogP) is 4.18. The van der Waals surface area contributed by atoms with Crippen molar-refractivity contribution in [1.82, 2.24) is 9.97 Å². The van der Waals surface area contributed by atoms with Crippen LogP contribution in [0.5, 0.6) is 0 Å². The number of carbonyl (C=O) groups is 1. The SMILES string of the molecule is O=C(/C=C/c1cnc2ccccc2n1)c1cccc(Cl)c1. The van der Waals surface area contributed by atoms with Gasteiger partial charge in [0, 0.05) is 10.6 Å². The van der Waals surface area contributed by atoms with Gasteiger partial charge in [-0.15, -0.1) is 0 Å². The quantitative estimate of drug-likeness (QED) is 0.537. The number of carbonyl (C=O) groups excluding carboxylic acids is 1. The van der Waals surface area contributed by atoms with Crippen LogP contribution in [0, 0.1) is 0 Å². The molecule has 4 heteroatoms. The topological polar surface area (TPSA) is 42.9 Å². The second kappa shape index (κ2) is 5.85. The maximum absolute atomic E-state index is 12.0. The van der Waals surface area contributed by atoms with Crippen molar-refractivity contribution < 1.29 is 4.79 Å². The molecule has 0 unspecified atom stereocenters. The largest absolute Gasteiger partial charge is 0.289 e. The summed E-state index contributed by atoms with van der Waals surface area (Å²) >= 11 is 5.87. The molecule has 102 valence electrons. The summed E-state index contributed by atoms with van der Waals surface area (Å²) in [6, 6.07) is 14.4. The Labute approximate surface area is 126 Å². The van der Waals surface area contributed by atoms with Crippen LogP contribution in [0.2, 0.25) is 5.02 Å². The monoisotopic (exact) mass is 294 g/mol. The Morgan fingerprint density at radius 3 is 2.67 bits per heavy atom. The van der Waals surface area contributed by atoms with E-state index in [1.165, 1.54) is 6.08 Å². The molecule has 0 aliphatic heterocycles. The smallest absolute Gasteiger partial charge is 0.185 e. The summed E-state index contributed by atoms with van der Waals surface area (Å²) in [5.41, 5.74) is 2.82. The van der Waals surface area contributed by atoms with Crippen molar-refractivity contribution in [3.8, 4) is 0 Å². The normalized spacial score (nSPS) is 11.1. The van der Waals surface area contributed by atoms with Gasteiger partial charge in [0.05, 0.1) is 22.9 Å². The molecule has 1 aromatic heterocycles. The summed E-state index contributed by atoms with van der Waals surface area (Å²) in [7, 11) is 0. The van der Waals surface area contributed by atoms with Gasteiger partial charge in [-0.1, -0.05) is 35.9 Å². The molecule has 0 N–H and O–H groups in total. The van der Waals surface area contributed by atoms with Crippen molar-refractivity contribution in [3.05, 3.63) is 77.1 Å². The van der Waals surface area contributed by atoms with E-state index in [0.29, 0.717) is 16.3 Å². The highest BCUT2D eigenvalue weighted by Crippen LogP contribution is 2.13. The number of para-hydroxylation sites is 2. The van der Waals surface area contributed by atoms with Crippen molar-refractivity contribution in [3.63, 3.8) is 0 Å². The average molecular weight is 295 g/mol. The van der Waals surface area contributed by atoms with Crippen LogP contribution < -0.4 is 0 Å². The number of nitrogens with zero attached hydrogens (tertiary/aromatic N) is 2. The van der Waals surface area contributed by atoms with Gasteiger partial charge in [-0.3, -0.25) is 9.78 Å². The molecule has 0 saturated carbocycles. The van der Waals surface area contributed by atoms with Crippen molar-refractivity contribution in [1.29, 1.82) is 0 Å². The van der Waals surface area contributed by atoms with Crippen LogP contribution in [0.1, 0.15) is 16.1 Å². The number of ketones is 1. The number of fused-ring (bicyclic) bond motifs is 1. The number of hydrogen-bond donors (Lipinski definition) is 0. The lowest BCUT2D eigenvalue weighted by atomic mass is 10.1. The van der Waals surface area contributed by atoms with Gasteiger partial charge < -0.3 is 0 Å². The van der Waals surface area contributed by atoms with Crippen molar-refractivity contribution in [2.24, 2.45) is 0 Å². The number of aromatic nitrogens is 2. The third kappa shape index (κ3) is 3.15. The summed E-state index contributed by atoms with van der Waals surface area (Å²) in [6.45, 7) is 0. The predicted molar refractivity (Wildman–Crippen MR) is 84.4 cm³/mol. The van der Waals surface area contributed by atoms with E-state index in [1.807, 2.05) is 24.3 Å². The van der Waals surface area contributed by atoms with Crippen LogP contribution in [0.4, 0.5) is 0 Å². The van der Waals surface area contributed by atoms with E-state index in [0.717, 1.165) is 11.0 Å². The highest BCUT2D eigenvalue weighted by molar-refractivity contribution is 6.31. The molecular formula is C17H11ClN2O. The van der Waals surface area contributed by atoms with E-state index in [1.54, 1.807) is 36.5 Å². The number of rotatable bonds is 3. The summed E-state index contributed by atoms with van der Waals surface area (Å²) < 4.78 is 0. The molecular weight excluding hydrogens is 284 g/mol. The Morgan fingerprint density at radius 2 is 1.86 bits per heavy atom. The Hall–Kier alpha value is -2.52. The number of halogens is 1. The summed E-state index contributed by atoms with van der Waals surface area (Å²) in [4.78, 5) is 20.8. The van der Waals surface area contributed by atoms with E-state index >= 15 is 0 Å². The molecule has 3 nitrogen and oxygen atoms in total. The molecule has 0 aliphatic carbocycles. The summed E-state index contributed by atoms with van der Waals surface area (Å²) in [5, 5.41) is 0.541. The molecule has 1 heterocycles. The Balaban J connectivity index is 1.85. The third-order valence-corrected chi connectivity index (χ3v) is 3.22. The van der Waals surface area contributed by atoms with E-state index in [2.05, 4.69) is 9.97 Å². The number of benzene rings is 2. The molecule has 0 aliphatic rings. The lowest BCUT2D eigenvalue weighted by Gasteiger charge is -1.98. The van der Waals surface area contributed by atoms with Gasteiger partial charge in [-0.2, -0.15) is 0 Å². The minimum absolute atomic E-state index is 0.118. The van der Waals surface area contributed by atoms with Crippen LogP contribution in [-0.2, 0) is 0 Å². The minimum atomic E-state index is -0.118. The first-order valence-corrected chi connectivity index (χ1v) is 6.80. The van der Waals surface area contributed by atoms with Crippen molar-refractivity contribution in [2.75, 3.05) is 0 Å². The lowest BCUT2D eigenvalue weighted by Crippen LogP contribution is -1.94. The fourth-order valence-corrected chi connectivity index (χ4v) is 2.14. The van der Waals surface area contributed by atoms with E-state index in [-0.39, 0.29) is 5.78 Å². The van der Waals surface area contributed by atoms with Crippen molar-refractivity contribution in [2.45, 2.75) is 0 Å². The number of allylic oxidation sites excluding steroid dienone is 1. The molecule has 0 atom stereocenters. The molecule has 3 rings (SSSR count). The van der Waals surface area contributed by atoms with Gasteiger partial charge in [0.2, 0.25) is 0 Å². The molecule has 0 spiro atoms. The first kappa shape index (κ1) is 13.5. The molecule has 0 amide bonds. The fraction of sp³-hybridized carbons (Fsp3) is 0. The Bertz CT molecular complexity index is 843. The van der Waals surface area contributed by atoms with Gasteiger partial charge in [0.15, 0.2) is 5.78 Å². The maximum atomic E-state index is 12.0. The Kier molecular flexibility index (Phi) is 3.75. The molecule has 0 radical (unpaired) electrons. The third-order valence-electron chi connectivity index (χ3n) is 2.98. The highest BCUT2D eigenvalue weighted by atomic mass is 35.5. The van der Waals surface area contributed by atoms with Crippen LogP contribution in [0.3, 0.4) is 0 Å². The molecule has 2 aromatic carbocycles. The molecule has 0 bridgehead atoms. The van der Waals surface area contributed by atoms with Gasteiger partial charge in [-0.05, 0) is 36.4 Å². The molecule has 21 heavy (non-hydrogen) atoms. The van der Waals surface area contributed by atoms with Crippen molar-refractivity contribution >= 4 is 34.5 Å². The van der Waals surface area contributed by atoms with Crippen LogP contribution in [0.25, 0.3) is 17.1 Å². The van der Waals surface area contributed by atoms with E-state index in [9.17, 15) is 4.79 Å². The second-order valence-electron chi connectivity index (χ2n) is 4.49. The molecule has 3 aromatic rings. The van der Waals surface area contributed by atoms with Crippen LogP contribution in [0.15, 0.2) is 60.8 Å². The molecule has 0 fully saturated rings. The zero-order valence-electron chi connectivity index (χ0n) is 11.0. The standard InChI is InChI=1S/C17H11ClN2O/c18-13-5-3-4-12(10-13)17(21)9-8-14-11-19-15-6-1-2-7-16(15)20-14/h1-11H/b9-8+. The first-order chi connectivity index (χ1) is 10.2. The fourth-order valence-electron chi connectivity index (χ4n) is 1.95. The zero-order chi connectivity index (χ0) is 14.7. The lowest BCUT2D eigenvalue weighted by molar-refractivity contribution is 0.104. The maximum Gasteiger partial charge on any atom is 0.185 e. The molecule has 0 saturated heterocycles. The summed E-state index contributed by atoms with van der Waals surface area (Å²) in [5.74, 6) is -0.118. The van der Waals surface area contributed by atoms with Crippen LogP contribution >= 0.6 is 11.6 Å². The Morgan fingerprint density at radius 1 is 1.05 bits per heavy atom. The van der Waals surface area contributed by atoms with Gasteiger partial charge >= 0.3 is 0 Å². The number of hydrogen-bond acceptors (Lipinski definition) is 3. The van der Waals surface area contributed by atoms with Crippen LogP contribution in [-0.4, -0.2) is 15.8 Å². The highest BCUT2D eigenvalue weighted by Gasteiger charge is 2.02. The second-order valence-corrected chi connectivity index (χ2v) is 4.93. The van der Waals surface area contributed by atoms with Gasteiger partial charge in [0.25, 0.3) is 0 Å². The minimum Gasteiger partial charge on any atom is -0.289 e. The average Bonchev–Trinajstić information content (AvgIpc) is 2.52. The summed E-state index contributed by atoms with van der Waals surface area (Å²) in [6.07, 6.45) is 4.78. The first-order valence-electron chi connectivity index (χ1n) is 6.42.